The molecule has 1 fully saturated rings. The van der Waals surface area contributed by atoms with Gasteiger partial charge >= 0.3 is 0 Å². The molecule has 0 radical (unpaired) electrons. The molecule has 24 heavy (non-hydrogen) atoms. The highest BCUT2D eigenvalue weighted by Crippen LogP contribution is 2.29. The summed E-state index contributed by atoms with van der Waals surface area (Å²) in [6.07, 6.45) is 1.31. The van der Waals surface area contributed by atoms with Crippen molar-refractivity contribution >= 4 is 50.5 Å². The first-order chi connectivity index (χ1) is 11.4. The summed E-state index contributed by atoms with van der Waals surface area (Å²) in [5.74, 6) is 0.0351. The van der Waals surface area contributed by atoms with Crippen molar-refractivity contribution in [1.82, 2.24) is 0 Å². The van der Waals surface area contributed by atoms with Gasteiger partial charge in [0.25, 0.3) is 10.0 Å². The van der Waals surface area contributed by atoms with E-state index in [1.807, 2.05) is 0 Å². The first kappa shape index (κ1) is 17.1. The normalized spacial score (nSPS) is 14.9. The van der Waals surface area contributed by atoms with Gasteiger partial charge in [0.05, 0.1) is 10.7 Å². The minimum atomic E-state index is -3.89. The smallest absolute Gasteiger partial charge is 0.263 e. The Bertz CT molecular complexity index is 900. The second-order valence-electron chi connectivity index (χ2n) is 5.38. The molecule has 1 aliphatic heterocycles. The monoisotopic (exact) mass is 384 g/mol. The average molecular weight is 385 g/mol. The van der Waals surface area contributed by atoms with Crippen LogP contribution in [0.25, 0.3) is 0 Å². The van der Waals surface area contributed by atoms with E-state index < -0.39 is 10.0 Å². The number of rotatable bonds is 4. The molecule has 2 aromatic rings. The number of sulfonamides is 1. The fraction of sp³-hybridized carbons (Fsp3) is 0.188. The highest BCUT2D eigenvalue weighted by molar-refractivity contribution is 7.92. The number of anilines is 2. The molecule has 1 aliphatic rings. The first-order valence-electron chi connectivity index (χ1n) is 7.25. The number of carbonyl (C=O) groups excluding carboxylic acids is 1. The lowest BCUT2D eigenvalue weighted by molar-refractivity contribution is -0.117. The molecule has 0 aromatic heterocycles. The van der Waals surface area contributed by atoms with Gasteiger partial charge < -0.3 is 4.90 Å². The van der Waals surface area contributed by atoms with E-state index in [0.717, 1.165) is 6.42 Å². The summed E-state index contributed by atoms with van der Waals surface area (Å²) in [5, 5.41) is 0.356. The van der Waals surface area contributed by atoms with Gasteiger partial charge in [-0.05, 0) is 42.8 Å². The van der Waals surface area contributed by atoms with Crippen molar-refractivity contribution in [3.8, 4) is 0 Å². The Morgan fingerprint density at radius 3 is 2.58 bits per heavy atom. The maximum absolute atomic E-state index is 12.5. The third-order valence-corrected chi connectivity index (χ3v) is 5.76. The Morgan fingerprint density at radius 2 is 1.88 bits per heavy atom. The number of hydrogen-bond acceptors (Lipinski definition) is 3. The van der Waals surface area contributed by atoms with E-state index in [1.54, 1.807) is 29.2 Å². The van der Waals surface area contributed by atoms with E-state index >= 15 is 0 Å². The lowest BCUT2D eigenvalue weighted by Crippen LogP contribution is -2.23. The van der Waals surface area contributed by atoms with Gasteiger partial charge in [-0.25, -0.2) is 8.42 Å². The summed E-state index contributed by atoms with van der Waals surface area (Å²) in [6.45, 7) is 0.634. The van der Waals surface area contributed by atoms with Crippen LogP contribution in [0.5, 0.6) is 0 Å². The van der Waals surface area contributed by atoms with Crippen molar-refractivity contribution in [3.05, 3.63) is 52.5 Å². The number of benzene rings is 2. The fourth-order valence-corrected chi connectivity index (χ4v) is 4.36. The molecule has 1 heterocycles. The second-order valence-corrected chi connectivity index (χ2v) is 7.87. The second kappa shape index (κ2) is 6.63. The highest BCUT2D eigenvalue weighted by Gasteiger charge is 2.23. The molecule has 1 saturated heterocycles. The van der Waals surface area contributed by atoms with E-state index in [9.17, 15) is 13.2 Å². The van der Waals surface area contributed by atoms with Crippen LogP contribution < -0.4 is 9.62 Å². The average Bonchev–Trinajstić information content (AvgIpc) is 2.95. The molecule has 0 spiro atoms. The van der Waals surface area contributed by atoms with Crippen molar-refractivity contribution in [3.63, 3.8) is 0 Å². The lowest BCUT2D eigenvalue weighted by Gasteiger charge is -2.17. The third kappa shape index (κ3) is 3.50. The molecule has 0 atom stereocenters. The zero-order chi connectivity index (χ0) is 17.3. The van der Waals surface area contributed by atoms with Crippen molar-refractivity contribution in [2.75, 3.05) is 16.2 Å². The summed E-state index contributed by atoms with van der Waals surface area (Å²) in [4.78, 5) is 13.4. The zero-order valence-electron chi connectivity index (χ0n) is 12.5. The molecule has 1 N–H and O–H groups in total. The molecular weight excluding hydrogens is 371 g/mol. The van der Waals surface area contributed by atoms with Crippen LogP contribution in [-0.2, 0) is 14.8 Å². The van der Waals surface area contributed by atoms with Crippen LogP contribution in [0.4, 0.5) is 11.4 Å². The van der Waals surface area contributed by atoms with E-state index in [1.165, 1.54) is 18.2 Å². The molecule has 0 saturated carbocycles. The van der Waals surface area contributed by atoms with Crippen LogP contribution in [0.1, 0.15) is 12.8 Å². The summed E-state index contributed by atoms with van der Waals surface area (Å²) in [5.41, 5.74) is 1.01. The van der Waals surface area contributed by atoms with Crippen LogP contribution in [0.3, 0.4) is 0 Å². The highest BCUT2D eigenvalue weighted by atomic mass is 35.5. The molecule has 1 amide bonds. The molecular formula is C16H14Cl2N2O3S. The molecule has 0 aliphatic carbocycles. The number of hydrogen-bond donors (Lipinski definition) is 1. The first-order valence-corrected chi connectivity index (χ1v) is 9.49. The largest absolute Gasteiger partial charge is 0.312 e. The Morgan fingerprint density at radius 1 is 1.08 bits per heavy atom. The maximum atomic E-state index is 12.5. The van der Waals surface area contributed by atoms with Crippen LogP contribution in [0.2, 0.25) is 10.0 Å². The van der Waals surface area contributed by atoms with Crippen LogP contribution in [0, 0.1) is 0 Å². The quantitative estimate of drug-likeness (QED) is 0.868. The lowest BCUT2D eigenvalue weighted by atomic mass is 10.2. The van der Waals surface area contributed by atoms with Crippen LogP contribution in [0.15, 0.2) is 47.4 Å². The molecule has 126 valence electrons. The van der Waals surface area contributed by atoms with Gasteiger partial charge in [0, 0.05) is 23.7 Å². The predicted octanol–water partition coefficient (Wildman–Crippen LogP) is 3.92. The van der Waals surface area contributed by atoms with Gasteiger partial charge in [-0.15, -0.1) is 0 Å². The van der Waals surface area contributed by atoms with Crippen molar-refractivity contribution in [2.24, 2.45) is 0 Å². The minimum absolute atomic E-state index is 0.0351. The van der Waals surface area contributed by atoms with Gasteiger partial charge in [0.2, 0.25) is 5.91 Å². The van der Waals surface area contributed by atoms with Crippen molar-refractivity contribution in [2.45, 2.75) is 17.7 Å². The van der Waals surface area contributed by atoms with Crippen molar-refractivity contribution in [1.29, 1.82) is 0 Å². The standard InChI is InChI=1S/C16H14Cl2N2O3S/c17-11-6-7-14(18)15(9-11)24(22,23)19-12-3-1-4-13(10-12)20-8-2-5-16(20)21/h1,3-4,6-7,9-10,19H,2,5,8H2. The van der Waals surface area contributed by atoms with Gasteiger partial charge in [-0.3, -0.25) is 9.52 Å². The molecule has 5 nitrogen and oxygen atoms in total. The molecule has 8 heteroatoms. The molecule has 0 unspecified atom stereocenters. The third-order valence-electron chi connectivity index (χ3n) is 3.67. The number of carbonyl (C=O) groups is 1. The van der Waals surface area contributed by atoms with Gasteiger partial charge in [0.15, 0.2) is 0 Å². The van der Waals surface area contributed by atoms with Crippen LogP contribution >= 0.6 is 23.2 Å². The van der Waals surface area contributed by atoms with E-state index in [2.05, 4.69) is 4.72 Å². The number of amides is 1. The maximum Gasteiger partial charge on any atom is 0.263 e. The molecule has 3 rings (SSSR count). The van der Waals surface area contributed by atoms with E-state index in [-0.39, 0.29) is 20.8 Å². The fourth-order valence-electron chi connectivity index (χ4n) is 2.55. The Hall–Kier alpha value is -1.76. The van der Waals surface area contributed by atoms with Gasteiger partial charge in [-0.2, -0.15) is 0 Å². The summed E-state index contributed by atoms with van der Waals surface area (Å²) in [7, 11) is -3.89. The predicted molar refractivity (Wildman–Crippen MR) is 95.3 cm³/mol. The van der Waals surface area contributed by atoms with Crippen LogP contribution in [-0.4, -0.2) is 20.9 Å². The van der Waals surface area contributed by atoms with Gasteiger partial charge in [-0.1, -0.05) is 29.3 Å². The Balaban J connectivity index is 1.90. The zero-order valence-corrected chi connectivity index (χ0v) is 14.8. The number of nitrogens with one attached hydrogen (secondary N) is 1. The molecule has 0 bridgehead atoms. The summed E-state index contributed by atoms with van der Waals surface area (Å²) in [6, 6.07) is 10.9. The SMILES string of the molecule is O=C1CCCN1c1cccc(NS(=O)(=O)c2cc(Cl)ccc2Cl)c1. The summed E-state index contributed by atoms with van der Waals surface area (Å²) < 4.78 is 27.5. The molecule has 2 aromatic carbocycles. The minimum Gasteiger partial charge on any atom is -0.312 e. The van der Waals surface area contributed by atoms with E-state index in [0.29, 0.717) is 24.3 Å². The van der Waals surface area contributed by atoms with E-state index in [4.69, 9.17) is 23.2 Å². The number of halogens is 2. The number of nitrogens with zero attached hydrogens (tertiary/aromatic N) is 1. The Kier molecular flexibility index (Phi) is 4.71. The van der Waals surface area contributed by atoms with Gasteiger partial charge in [0.1, 0.15) is 4.90 Å². The topological polar surface area (TPSA) is 66.5 Å². The Labute approximate surface area is 150 Å². The van der Waals surface area contributed by atoms with Crippen molar-refractivity contribution < 1.29 is 13.2 Å². The summed E-state index contributed by atoms with van der Waals surface area (Å²) >= 11 is 11.8.